The molecule has 1 fully saturated rings. The van der Waals surface area contributed by atoms with Gasteiger partial charge in [0.2, 0.25) is 10.0 Å². The van der Waals surface area contributed by atoms with Crippen molar-refractivity contribution >= 4 is 21.4 Å². The predicted molar refractivity (Wildman–Crippen MR) is 168 cm³/mol. The molecule has 4 aromatic carbocycles. The monoisotopic (exact) mass is 597 g/mol. The molecule has 0 radical (unpaired) electrons. The molecule has 0 aliphatic carbocycles. The van der Waals surface area contributed by atoms with Crippen molar-refractivity contribution in [2.45, 2.75) is 26.4 Å². The fourth-order valence-corrected chi connectivity index (χ4v) is 5.66. The standard InChI is InChI=1S/C34H35N3O5S/c1-25-33(36-43(2,38)39)10-5-11-34(25)37(22-28-7-3-6-27(18-28)20-35)21-26-12-14-30(15-13-26)42-32-9-4-8-31(19-32)41-24-29-16-17-40-23-29/h3-15,18-19,29,36H,16-17,21-24H2,1-2H3. The van der Waals surface area contributed by atoms with Crippen LogP contribution in [0.3, 0.4) is 0 Å². The summed E-state index contributed by atoms with van der Waals surface area (Å²) in [7, 11) is -3.44. The summed E-state index contributed by atoms with van der Waals surface area (Å²) in [5.74, 6) is 2.58. The zero-order valence-corrected chi connectivity index (χ0v) is 25.1. The van der Waals surface area contributed by atoms with Gasteiger partial charge in [-0.25, -0.2) is 8.42 Å². The van der Waals surface area contributed by atoms with E-state index in [0.717, 1.165) is 54.0 Å². The molecule has 0 aromatic heterocycles. The molecule has 9 heteroatoms. The van der Waals surface area contributed by atoms with E-state index in [4.69, 9.17) is 14.2 Å². The van der Waals surface area contributed by atoms with Gasteiger partial charge in [0.1, 0.15) is 17.2 Å². The average Bonchev–Trinajstić information content (AvgIpc) is 3.51. The van der Waals surface area contributed by atoms with Gasteiger partial charge >= 0.3 is 0 Å². The Balaban J connectivity index is 1.33. The minimum absolute atomic E-state index is 0.425. The summed E-state index contributed by atoms with van der Waals surface area (Å²) in [6, 6.07) is 30.8. The van der Waals surface area contributed by atoms with Gasteiger partial charge in [0.25, 0.3) is 0 Å². The minimum Gasteiger partial charge on any atom is -0.493 e. The summed E-state index contributed by atoms with van der Waals surface area (Å²) in [6.45, 7) is 5.14. The van der Waals surface area contributed by atoms with Crippen LogP contribution in [0.2, 0.25) is 0 Å². The molecule has 1 atom stereocenters. The molecule has 0 bridgehead atoms. The molecule has 43 heavy (non-hydrogen) atoms. The van der Waals surface area contributed by atoms with Gasteiger partial charge < -0.3 is 19.1 Å². The lowest BCUT2D eigenvalue weighted by molar-refractivity contribution is 0.167. The molecule has 222 valence electrons. The van der Waals surface area contributed by atoms with Gasteiger partial charge in [-0.3, -0.25) is 4.72 Å². The van der Waals surface area contributed by atoms with Crippen molar-refractivity contribution in [3.63, 3.8) is 0 Å². The molecule has 0 saturated carbocycles. The molecule has 1 heterocycles. The molecular weight excluding hydrogens is 562 g/mol. The predicted octanol–water partition coefficient (Wildman–Crippen LogP) is 6.65. The van der Waals surface area contributed by atoms with Crippen LogP contribution in [0.1, 0.15) is 28.7 Å². The Morgan fingerprint density at radius 1 is 0.930 bits per heavy atom. The number of anilines is 2. The maximum atomic E-state index is 12.0. The zero-order valence-electron chi connectivity index (χ0n) is 24.3. The molecule has 4 aromatic rings. The summed E-state index contributed by atoms with van der Waals surface area (Å²) in [6.07, 6.45) is 2.16. The second kappa shape index (κ2) is 13.6. The van der Waals surface area contributed by atoms with Crippen LogP contribution >= 0.6 is 0 Å². The third-order valence-electron chi connectivity index (χ3n) is 7.22. The Labute approximate surface area is 253 Å². The van der Waals surface area contributed by atoms with Crippen molar-refractivity contribution in [3.8, 4) is 23.3 Å². The molecule has 1 unspecified atom stereocenters. The molecule has 0 amide bonds. The Morgan fingerprint density at radius 3 is 2.42 bits per heavy atom. The second-order valence-electron chi connectivity index (χ2n) is 10.8. The van der Waals surface area contributed by atoms with E-state index in [1.54, 1.807) is 12.1 Å². The van der Waals surface area contributed by atoms with Gasteiger partial charge in [0.15, 0.2) is 0 Å². The maximum absolute atomic E-state index is 12.0. The molecule has 0 spiro atoms. The van der Waals surface area contributed by atoms with Crippen LogP contribution in [-0.2, 0) is 27.8 Å². The van der Waals surface area contributed by atoms with Crippen LogP contribution in [0.5, 0.6) is 17.2 Å². The summed E-state index contributed by atoms with van der Waals surface area (Å²) in [5, 5.41) is 9.40. The van der Waals surface area contributed by atoms with Gasteiger partial charge in [-0.05, 0) is 78.6 Å². The molecular formula is C34H35N3O5S. The number of nitrogens with zero attached hydrogens (tertiary/aromatic N) is 2. The van der Waals surface area contributed by atoms with Crippen LogP contribution in [-0.4, -0.2) is 34.5 Å². The third-order valence-corrected chi connectivity index (χ3v) is 7.81. The number of hydrogen-bond acceptors (Lipinski definition) is 7. The summed E-state index contributed by atoms with van der Waals surface area (Å²) < 4.78 is 44.1. The van der Waals surface area contributed by atoms with Crippen molar-refractivity contribution in [2.24, 2.45) is 5.92 Å². The zero-order chi connectivity index (χ0) is 30.2. The first kappa shape index (κ1) is 30.0. The van der Waals surface area contributed by atoms with Crippen molar-refractivity contribution in [1.82, 2.24) is 0 Å². The molecule has 1 aliphatic heterocycles. The number of nitriles is 1. The normalized spacial score (nSPS) is 14.6. The quantitative estimate of drug-likeness (QED) is 0.195. The number of hydrogen-bond donors (Lipinski definition) is 1. The van der Waals surface area contributed by atoms with Crippen LogP contribution in [0.25, 0.3) is 0 Å². The number of ether oxygens (including phenoxy) is 3. The van der Waals surface area contributed by atoms with E-state index >= 15 is 0 Å². The van der Waals surface area contributed by atoms with Crippen molar-refractivity contribution in [2.75, 3.05) is 35.7 Å². The summed E-state index contributed by atoms with van der Waals surface area (Å²) >= 11 is 0. The number of nitrogens with one attached hydrogen (secondary N) is 1. The highest BCUT2D eigenvalue weighted by molar-refractivity contribution is 7.92. The van der Waals surface area contributed by atoms with Crippen molar-refractivity contribution in [3.05, 3.63) is 113 Å². The van der Waals surface area contributed by atoms with E-state index < -0.39 is 10.0 Å². The Hall–Kier alpha value is -4.52. The average molecular weight is 598 g/mol. The highest BCUT2D eigenvalue weighted by Crippen LogP contribution is 2.31. The van der Waals surface area contributed by atoms with Crippen molar-refractivity contribution in [1.29, 1.82) is 5.26 Å². The van der Waals surface area contributed by atoms with E-state index in [0.29, 0.717) is 48.4 Å². The molecule has 1 saturated heterocycles. The summed E-state index contributed by atoms with van der Waals surface area (Å²) in [4.78, 5) is 2.17. The number of rotatable bonds is 12. The van der Waals surface area contributed by atoms with E-state index in [9.17, 15) is 13.7 Å². The van der Waals surface area contributed by atoms with E-state index in [1.165, 1.54) is 0 Å². The van der Waals surface area contributed by atoms with Crippen LogP contribution in [0, 0.1) is 24.2 Å². The van der Waals surface area contributed by atoms with E-state index in [2.05, 4.69) is 15.7 Å². The maximum Gasteiger partial charge on any atom is 0.229 e. The fraction of sp³-hybridized carbons (Fsp3) is 0.265. The van der Waals surface area contributed by atoms with Gasteiger partial charge in [-0.2, -0.15) is 5.26 Å². The lowest BCUT2D eigenvalue weighted by Crippen LogP contribution is -2.23. The smallest absolute Gasteiger partial charge is 0.229 e. The first-order chi connectivity index (χ1) is 20.8. The minimum atomic E-state index is -3.44. The Kier molecular flexibility index (Phi) is 9.50. The van der Waals surface area contributed by atoms with Gasteiger partial charge in [0.05, 0.1) is 36.8 Å². The number of benzene rings is 4. The van der Waals surface area contributed by atoms with Crippen LogP contribution in [0.15, 0.2) is 91.0 Å². The lowest BCUT2D eigenvalue weighted by Gasteiger charge is -2.28. The SMILES string of the molecule is Cc1c(NS(C)(=O)=O)cccc1N(Cc1ccc(Oc2cccc(OCC3CCOC3)c2)cc1)Cc1cccc(C#N)c1. The highest BCUT2D eigenvalue weighted by atomic mass is 32.2. The molecule has 1 aliphatic rings. The molecule has 5 rings (SSSR count). The topological polar surface area (TPSA) is 101 Å². The highest BCUT2D eigenvalue weighted by Gasteiger charge is 2.17. The Bertz CT molecular complexity index is 1690. The Morgan fingerprint density at radius 2 is 1.67 bits per heavy atom. The summed E-state index contributed by atoms with van der Waals surface area (Å²) in [5.41, 5.74) is 4.83. The first-order valence-electron chi connectivity index (χ1n) is 14.1. The van der Waals surface area contributed by atoms with Gasteiger partial charge in [-0.1, -0.05) is 36.4 Å². The van der Waals surface area contributed by atoms with Crippen molar-refractivity contribution < 1.29 is 22.6 Å². The largest absolute Gasteiger partial charge is 0.493 e. The van der Waals surface area contributed by atoms with Crippen LogP contribution in [0.4, 0.5) is 11.4 Å². The lowest BCUT2D eigenvalue weighted by atomic mass is 10.1. The number of sulfonamides is 1. The van der Waals surface area contributed by atoms with Crippen LogP contribution < -0.4 is 19.1 Å². The van der Waals surface area contributed by atoms with E-state index in [-0.39, 0.29) is 0 Å². The molecule has 8 nitrogen and oxygen atoms in total. The van der Waals surface area contributed by atoms with Gasteiger partial charge in [-0.15, -0.1) is 0 Å². The fourth-order valence-electron chi connectivity index (χ4n) is 5.04. The first-order valence-corrected chi connectivity index (χ1v) is 16.0. The second-order valence-corrected chi connectivity index (χ2v) is 12.5. The van der Waals surface area contributed by atoms with E-state index in [1.807, 2.05) is 85.8 Å². The van der Waals surface area contributed by atoms with Gasteiger partial charge in [0, 0.05) is 37.4 Å². The third kappa shape index (κ3) is 8.51. The molecule has 1 N–H and O–H groups in total.